The molecule has 2 aliphatic heterocycles. The Kier molecular flexibility index (Phi) is 7.03. The van der Waals surface area contributed by atoms with Crippen LogP contribution in [0.1, 0.15) is 20.8 Å². The van der Waals surface area contributed by atoms with E-state index < -0.39 is 52.3 Å². The van der Waals surface area contributed by atoms with E-state index in [4.69, 9.17) is 9.47 Å². The SMILES string of the molecule is CC(C)(C)OC(=O)N1CCN(c2c(F)cc(N3C[C@H](COS(C)(=O)=O)OC3=O)cc2F)CC1. The van der Waals surface area contributed by atoms with Crippen LogP contribution in [0.2, 0.25) is 0 Å². The maximum Gasteiger partial charge on any atom is 0.414 e. The largest absolute Gasteiger partial charge is 0.444 e. The van der Waals surface area contributed by atoms with Gasteiger partial charge in [0.2, 0.25) is 0 Å². The molecule has 0 aliphatic carbocycles. The Labute approximate surface area is 191 Å². The van der Waals surface area contributed by atoms with Gasteiger partial charge >= 0.3 is 12.2 Å². The normalized spacial score (nSPS) is 19.6. The number of halogens is 2. The summed E-state index contributed by atoms with van der Waals surface area (Å²) in [5, 5.41) is 0. The Balaban J connectivity index is 1.66. The Hall–Kier alpha value is -2.67. The van der Waals surface area contributed by atoms with Gasteiger partial charge in [-0.25, -0.2) is 18.4 Å². The van der Waals surface area contributed by atoms with E-state index in [1.807, 2.05) is 0 Å². The molecular formula is C20H27F2N3O7S. The lowest BCUT2D eigenvalue weighted by molar-refractivity contribution is 0.0240. The van der Waals surface area contributed by atoms with E-state index in [0.717, 1.165) is 23.3 Å². The minimum atomic E-state index is -3.73. The fraction of sp³-hybridized carbons (Fsp3) is 0.600. The van der Waals surface area contributed by atoms with Crippen molar-refractivity contribution in [1.29, 1.82) is 0 Å². The van der Waals surface area contributed by atoms with Crippen LogP contribution in [0.15, 0.2) is 12.1 Å². The molecule has 2 saturated heterocycles. The van der Waals surface area contributed by atoms with E-state index in [1.165, 1.54) is 9.80 Å². The highest BCUT2D eigenvalue weighted by Crippen LogP contribution is 2.31. The monoisotopic (exact) mass is 491 g/mol. The topological polar surface area (TPSA) is 106 Å². The predicted octanol–water partition coefficient (Wildman–Crippen LogP) is 2.32. The number of nitrogens with zero attached hydrogens (tertiary/aromatic N) is 3. The number of hydrogen-bond donors (Lipinski definition) is 0. The maximum atomic E-state index is 14.9. The number of anilines is 2. The number of benzene rings is 1. The van der Waals surface area contributed by atoms with E-state index in [-0.39, 0.29) is 44.1 Å². The second kappa shape index (κ2) is 9.29. The lowest BCUT2D eigenvalue weighted by atomic mass is 10.2. The lowest BCUT2D eigenvalue weighted by Crippen LogP contribution is -2.50. The zero-order valence-electron chi connectivity index (χ0n) is 18.8. The van der Waals surface area contributed by atoms with Crippen molar-refractivity contribution < 1.29 is 40.4 Å². The number of amides is 2. The van der Waals surface area contributed by atoms with Crippen molar-refractivity contribution in [3.63, 3.8) is 0 Å². The highest BCUT2D eigenvalue weighted by molar-refractivity contribution is 7.85. The van der Waals surface area contributed by atoms with Gasteiger partial charge in [0.1, 0.15) is 24.0 Å². The Morgan fingerprint density at radius 2 is 1.73 bits per heavy atom. The molecule has 2 aliphatic rings. The van der Waals surface area contributed by atoms with Gasteiger partial charge in [0, 0.05) is 38.3 Å². The number of carbonyl (C=O) groups excluding carboxylic acids is 2. The maximum absolute atomic E-state index is 14.9. The molecule has 0 radical (unpaired) electrons. The van der Waals surface area contributed by atoms with Crippen LogP contribution >= 0.6 is 0 Å². The smallest absolute Gasteiger partial charge is 0.414 e. The summed E-state index contributed by atoms with van der Waals surface area (Å²) in [6.07, 6.45) is -1.40. The summed E-state index contributed by atoms with van der Waals surface area (Å²) in [7, 11) is -3.73. The molecule has 0 unspecified atom stereocenters. The third kappa shape index (κ3) is 6.44. The third-order valence-electron chi connectivity index (χ3n) is 4.90. The standard InChI is InChI=1S/C20H27F2N3O7S/c1-20(2,3)32-18(26)24-7-5-23(6-8-24)17-15(21)9-13(10-16(17)22)25-11-14(31-19(25)27)12-30-33(4,28)29/h9-10,14H,5-8,11-12H2,1-4H3/t14-/m1/s1. The van der Waals surface area contributed by atoms with Crippen LogP contribution in [0.25, 0.3) is 0 Å². The zero-order chi connectivity index (χ0) is 24.6. The van der Waals surface area contributed by atoms with E-state index in [2.05, 4.69) is 4.18 Å². The summed E-state index contributed by atoms with van der Waals surface area (Å²) in [6, 6.07) is 2.03. The first-order valence-corrected chi connectivity index (χ1v) is 12.1. The van der Waals surface area contributed by atoms with Crippen LogP contribution in [0.5, 0.6) is 0 Å². The van der Waals surface area contributed by atoms with Crippen molar-refractivity contribution >= 4 is 33.7 Å². The van der Waals surface area contributed by atoms with Crippen LogP contribution < -0.4 is 9.80 Å². The molecule has 0 spiro atoms. The molecule has 2 fully saturated rings. The first-order valence-electron chi connectivity index (χ1n) is 10.3. The summed E-state index contributed by atoms with van der Waals surface area (Å²) >= 11 is 0. The van der Waals surface area contributed by atoms with Gasteiger partial charge in [-0.3, -0.25) is 9.08 Å². The summed E-state index contributed by atoms with van der Waals surface area (Å²) in [6.45, 7) is 5.60. The molecule has 13 heteroatoms. The van der Waals surface area contributed by atoms with Gasteiger partial charge in [-0.1, -0.05) is 0 Å². The molecule has 2 heterocycles. The predicted molar refractivity (Wildman–Crippen MR) is 115 cm³/mol. The summed E-state index contributed by atoms with van der Waals surface area (Å²) in [5.74, 6) is -1.75. The molecule has 2 amide bonds. The number of rotatable bonds is 5. The molecule has 1 atom stereocenters. The van der Waals surface area contributed by atoms with Gasteiger partial charge in [-0.2, -0.15) is 8.42 Å². The highest BCUT2D eigenvalue weighted by Gasteiger charge is 2.35. The van der Waals surface area contributed by atoms with Gasteiger partial charge in [0.05, 0.1) is 18.5 Å². The van der Waals surface area contributed by atoms with E-state index in [9.17, 15) is 26.8 Å². The summed E-state index contributed by atoms with van der Waals surface area (Å²) in [4.78, 5) is 28.3. The average molecular weight is 492 g/mol. The van der Waals surface area contributed by atoms with Gasteiger partial charge < -0.3 is 19.3 Å². The zero-order valence-corrected chi connectivity index (χ0v) is 19.7. The van der Waals surface area contributed by atoms with E-state index in [0.29, 0.717) is 0 Å². The van der Waals surface area contributed by atoms with Crippen molar-refractivity contribution in [2.45, 2.75) is 32.5 Å². The van der Waals surface area contributed by atoms with Crippen molar-refractivity contribution in [2.24, 2.45) is 0 Å². The van der Waals surface area contributed by atoms with Crippen LogP contribution in [0, 0.1) is 11.6 Å². The molecule has 3 rings (SSSR count). The molecule has 0 saturated carbocycles. The van der Waals surface area contributed by atoms with Crippen LogP contribution in [0.3, 0.4) is 0 Å². The molecular weight excluding hydrogens is 464 g/mol. The van der Waals surface area contributed by atoms with Gasteiger partial charge in [0.15, 0.2) is 11.6 Å². The van der Waals surface area contributed by atoms with E-state index in [1.54, 1.807) is 20.8 Å². The van der Waals surface area contributed by atoms with Crippen LogP contribution in [-0.2, 0) is 23.8 Å². The first-order chi connectivity index (χ1) is 15.2. The molecule has 0 aromatic heterocycles. The molecule has 1 aromatic carbocycles. The second-order valence-corrected chi connectivity index (χ2v) is 10.5. The molecule has 0 N–H and O–H groups in total. The van der Waals surface area contributed by atoms with Crippen molar-refractivity contribution in [2.75, 3.05) is 55.4 Å². The molecule has 1 aromatic rings. The number of piperazine rings is 1. The van der Waals surface area contributed by atoms with E-state index >= 15 is 0 Å². The van der Waals surface area contributed by atoms with Crippen molar-refractivity contribution in [1.82, 2.24) is 4.90 Å². The minimum Gasteiger partial charge on any atom is -0.444 e. The number of cyclic esters (lactones) is 1. The van der Waals surface area contributed by atoms with Crippen LogP contribution in [0.4, 0.5) is 29.7 Å². The quantitative estimate of drug-likeness (QED) is 0.578. The van der Waals surface area contributed by atoms with Crippen molar-refractivity contribution in [3.05, 3.63) is 23.8 Å². The number of carbonyl (C=O) groups is 2. The fourth-order valence-corrected chi connectivity index (χ4v) is 3.87. The summed E-state index contributed by atoms with van der Waals surface area (Å²) in [5.41, 5.74) is -0.963. The number of ether oxygens (including phenoxy) is 2. The van der Waals surface area contributed by atoms with Gasteiger partial charge in [0.25, 0.3) is 10.1 Å². The minimum absolute atomic E-state index is 0.0620. The molecule has 33 heavy (non-hydrogen) atoms. The first kappa shape index (κ1) is 25.0. The van der Waals surface area contributed by atoms with Gasteiger partial charge in [-0.15, -0.1) is 0 Å². The Morgan fingerprint density at radius 3 is 2.24 bits per heavy atom. The average Bonchev–Trinajstić information content (AvgIpc) is 3.05. The summed E-state index contributed by atoms with van der Waals surface area (Å²) < 4.78 is 66.9. The van der Waals surface area contributed by atoms with Crippen molar-refractivity contribution in [3.8, 4) is 0 Å². The number of hydrogen-bond acceptors (Lipinski definition) is 8. The van der Waals surface area contributed by atoms with Crippen LogP contribution in [-0.4, -0.2) is 82.8 Å². The fourth-order valence-electron chi connectivity index (χ4n) is 3.47. The lowest BCUT2D eigenvalue weighted by Gasteiger charge is -2.37. The molecule has 0 bridgehead atoms. The Bertz CT molecular complexity index is 998. The third-order valence-corrected chi connectivity index (χ3v) is 5.47. The Morgan fingerprint density at radius 1 is 1.15 bits per heavy atom. The second-order valence-electron chi connectivity index (χ2n) is 8.82. The molecule has 10 nitrogen and oxygen atoms in total. The van der Waals surface area contributed by atoms with Gasteiger partial charge in [-0.05, 0) is 20.8 Å². The molecule has 184 valence electrons. The highest BCUT2D eigenvalue weighted by atomic mass is 32.2.